The molecule has 0 spiro atoms. The molecule has 2 aromatic rings. The van der Waals surface area contributed by atoms with Crippen molar-refractivity contribution in [3.05, 3.63) is 36.5 Å². The van der Waals surface area contributed by atoms with Gasteiger partial charge in [0.25, 0.3) is 0 Å². The Morgan fingerprint density at radius 3 is 2.57 bits per heavy atom. The fourth-order valence-corrected chi connectivity index (χ4v) is 1.96. The number of hydrogen-bond donors (Lipinski definition) is 0. The highest BCUT2D eigenvalue weighted by Gasteiger charge is 2.25. The van der Waals surface area contributed by atoms with Crippen molar-refractivity contribution in [3.8, 4) is 28.1 Å². The van der Waals surface area contributed by atoms with Crippen molar-refractivity contribution < 1.29 is 4.74 Å². The predicted octanol–water partition coefficient (Wildman–Crippen LogP) is 2.74. The van der Waals surface area contributed by atoms with Crippen molar-refractivity contribution in [2.75, 3.05) is 7.11 Å². The van der Waals surface area contributed by atoms with E-state index in [1.54, 1.807) is 13.3 Å². The molecule has 0 N–H and O–H groups in total. The summed E-state index contributed by atoms with van der Waals surface area (Å²) in [6.07, 6.45) is 1.79. The minimum Gasteiger partial charge on any atom is -0.481 e. The van der Waals surface area contributed by atoms with Gasteiger partial charge in [-0.3, -0.25) is 0 Å². The normalized spacial score (nSPS) is 11.2. The summed E-state index contributed by atoms with van der Waals surface area (Å²) in [6.45, 7) is 0. The summed E-state index contributed by atoms with van der Waals surface area (Å²) in [5.74, 6) is 0.723. The van der Waals surface area contributed by atoms with E-state index in [1.807, 2.05) is 12.1 Å². The number of aromatic nitrogens is 1. The molecule has 1 aliphatic rings. The van der Waals surface area contributed by atoms with Crippen molar-refractivity contribution in [1.29, 1.82) is 0 Å². The van der Waals surface area contributed by atoms with Gasteiger partial charge in [0, 0.05) is 6.20 Å². The molecule has 0 amide bonds. The number of pyridine rings is 1. The zero-order valence-corrected chi connectivity index (χ0v) is 7.82. The van der Waals surface area contributed by atoms with E-state index in [9.17, 15) is 0 Å². The van der Waals surface area contributed by atoms with Gasteiger partial charge in [-0.2, -0.15) is 0 Å². The van der Waals surface area contributed by atoms with Gasteiger partial charge in [0.2, 0.25) is 5.88 Å². The zero-order chi connectivity index (χ0) is 9.54. The van der Waals surface area contributed by atoms with Gasteiger partial charge < -0.3 is 4.74 Å². The van der Waals surface area contributed by atoms with Gasteiger partial charge in [0.1, 0.15) is 0 Å². The van der Waals surface area contributed by atoms with E-state index < -0.39 is 0 Å². The number of hydrogen-bond acceptors (Lipinski definition) is 2. The lowest BCUT2D eigenvalue weighted by Gasteiger charge is -2.24. The molecule has 68 valence electrons. The molecule has 1 aromatic carbocycles. The molecule has 1 aromatic heterocycles. The first-order valence-corrected chi connectivity index (χ1v) is 4.54. The molecular formula is C12H9NO. The number of rotatable bonds is 1. The van der Waals surface area contributed by atoms with Crippen LogP contribution in [-0.4, -0.2) is 12.1 Å². The maximum atomic E-state index is 5.22. The SMILES string of the molecule is COc1nccc2c1-c1ccccc1-2. The van der Waals surface area contributed by atoms with Crippen LogP contribution in [0.4, 0.5) is 0 Å². The predicted molar refractivity (Wildman–Crippen MR) is 55.2 cm³/mol. The van der Waals surface area contributed by atoms with E-state index in [1.165, 1.54) is 16.7 Å². The number of methoxy groups -OCH3 is 1. The van der Waals surface area contributed by atoms with Crippen LogP contribution >= 0.6 is 0 Å². The van der Waals surface area contributed by atoms with Crippen molar-refractivity contribution >= 4 is 0 Å². The monoisotopic (exact) mass is 183 g/mol. The largest absolute Gasteiger partial charge is 0.481 e. The minimum atomic E-state index is 0.723. The van der Waals surface area contributed by atoms with Crippen molar-refractivity contribution in [2.24, 2.45) is 0 Å². The molecule has 0 saturated carbocycles. The summed E-state index contributed by atoms with van der Waals surface area (Å²) >= 11 is 0. The second-order valence-corrected chi connectivity index (χ2v) is 3.29. The molecule has 14 heavy (non-hydrogen) atoms. The fraction of sp³-hybridized carbons (Fsp3) is 0.0833. The van der Waals surface area contributed by atoms with Gasteiger partial charge in [-0.15, -0.1) is 0 Å². The summed E-state index contributed by atoms with van der Waals surface area (Å²) in [5.41, 5.74) is 4.92. The highest BCUT2D eigenvalue weighted by Crippen LogP contribution is 2.50. The van der Waals surface area contributed by atoms with Gasteiger partial charge in [0.15, 0.2) is 0 Å². The molecule has 0 aliphatic heterocycles. The number of ether oxygens (including phenoxy) is 1. The van der Waals surface area contributed by atoms with Crippen LogP contribution < -0.4 is 4.74 Å². The molecule has 0 radical (unpaired) electrons. The Hall–Kier alpha value is -1.83. The third kappa shape index (κ3) is 0.777. The lowest BCUT2D eigenvalue weighted by atomic mass is 9.82. The molecule has 0 fully saturated rings. The summed E-state index contributed by atoms with van der Waals surface area (Å²) in [6, 6.07) is 10.3. The maximum Gasteiger partial charge on any atom is 0.221 e. The first kappa shape index (κ1) is 7.56. The van der Waals surface area contributed by atoms with E-state index >= 15 is 0 Å². The summed E-state index contributed by atoms with van der Waals surface area (Å²) in [7, 11) is 1.66. The fourth-order valence-electron chi connectivity index (χ4n) is 1.96. The molecule has 1 heterocycles. The van der Waals surface area contributed by atoms with Crippen LogP contribution in [0, 0.1) is 0 Å². The Kier molecular flexibility index (Phi) is 1.39. The van der Waals surface area contributed by atoms with E-state index in [4.69, 9.17) is 4.74 Å². The van der Waals surface area contributed by atoms with Crippen molar-refractivity contribution in [3.63, 3.8) is 0 Å². The standard InChI is InChI=1S/C12H9NO/c1-14-12-11-9-5-3-2-4-8(9)10(11)6-7-13-12/h2-7H,1H3. The van der Waals surface area contributed by atoms with E-state index in [0.29, 0.717) is 0 Å². The van der Waals surface area contributed by atoms with Crippen LogP contribution in [-0.2, 0) is 0 Å². The first-order valence-electron chi connectivity index (χ1n) is 4.54. The van der Waals surface area contributed by atoms with Gasteiger partial charge in [-0.1, -0.05) is 24.3 Å². The molecule has 3 rings (SSSR count). The second kappa shape index (κ2) is 2.58. The van der Waals surface area contributed by atoms with Crippen molar-refractivity contribution in [1.82, 2.24) is 4.98 Å². The van der Waals surface area contributed by atoms with Crippen LogP contribution in [0.15, 0.2) is 36.5 Å². The van der Waals surface area contributed by atoms with Crippen molar-refractivity contribution in [2.45, 2.75) is 0 Å². The number of fused-ring (bicyclic) bond motifs is 4. The highest BCUT2D eigenvalue weighted by molar-refractivity contribution is 6.04. The van der Waals surface area contributed by atoms with Crippen LogP contribution in [0.25, 0.3) is 22.3 Å². The minimum absolute atomic E-state index is 0.723. The average molecular weight is 183 g/mol. The molecule has 0 unspecified atom stereocenters. The molecular weight excluding hydrogens is 174 g/mol. The van der Waals surface area contributed by atoms with Gasteiger partial charge in [-0.05, 0) is 22.8 Å². The van der Waals surface area contributed by atoms with Crippen LogP contribution in [0.3, 0.4) is 0 Å². The first-order chi connectivity index (χ1) is 6.92. The van der Waals surface area contributed by atoms with E-state index in [2.05, 4.69) is 23.2 Å². The third-order valence-electron chi connectivity index (χ3n) is 2.60. The summed E-state index contributed by atoms with van der Waals surface area (Å²) in [5, 5.41) is 0. The molecule has 1 aliphatic carbocycles. The second-order valence-electron chi connectivity index (χ2n) is 3.29. The lowest BCUT2D eigenvalue weighted by molar-refractivity contribution is 0.399. The lowest BCUT2D eigenvalue weighted by Crippen LogP contribution is -2.02. The molecule has 0 atom stereocenters. The Bertz CT molecular complexity index is 505. The third-order valence-corrected chi connectivity index (χ3v) is 2.60. The topological polar surface area (TPSA) is 22.1 Å². The number of nitrogens with zero attached hydrogens (tertiary/aromatic N) is 1. The molecule has 2 nitrogen and oxygen atoms in total. The van der Waals surface area contributed by atoms with Crippen LogP contribution in [0.5, 0.6) is 5.88 Å². The Morgan fingerprint density at radius 1 is 1.00 bits per heavy atom. The molecule has 0 bridgehead atoms. The Labute approximate surface area is 82.2 Å². The summed E-state index contributed by atoms with van der Waals surface area (Å²) in [4.78, 5) is 4.19. The van der Waals surface area contributed by atoms with E-state index in [0.717, 1.165) is 11.4 Å². The van der Waals surface area contributed by atoms with E-state index in [-0.39, 0.29) is 0 Å². The highest BCUT2D eigenvalue weighted by atomic mass is 16.5. The van der Waals surface area contributed by atoms with Gasteiger partial charge in [-0.25, -0.2) is 4.98 Å². The van der Waals surface area contributed by atoms with Crippen LogP contribution in [0.1, 0.15) is 0 Å². The average Bonchev–Trinajstić information content (AvgIpc) is 2.24. The quantitative estimate of drug-likeness (QED) is 0.578. The summed E-state index contributed by atoms with van der Waals surface area (Å²) < 4.78 is 5.22. The molecule has 2 heteroatoms. The Balaban J connectivity index is 2.28. The smallest absolute Gasteiger partial charge is 0.221 e. The van der Waals surface area contributed by atoms with Gasteiger partial charge in [0.05, 0.1) is 12.7 Å². The van der Waals surface area contributed by atoms with Gasteiger partial charge >= 0.3 is 0 Å². The molecule has 0 saturated heterocycles. The maximum absolute atomic E-state index is 5.22. The number of benzene rings is 1. The zero-order valence-electron chi connectivity index (χ0n) is 7.82. The Morgan fingerprint density at radius 2 is 1.79 bits per heavy atom. The van der Waals surface area contributed by atoms with Crippen LogP contribution in [0.2, 0.25) is 0 Å².